The first kappa shape index (κ1) is 26.0. The van der Waals surface area contributed by atoms with Gasteiger partial charge in [-0.25, -0.2) is 19.9 Å². The average molecular weight is 593 g/mol. The maximum Gasteiger partial charge on any atom is 0.231 e. The molecule has 6 heteroatoms. The predicted molar refractivity (Wildman–Crippen MR) is 182 cm³/mol. The topological polar surface area (TPSA) is 77.8 Å². The number of rotatable bonds is 5. The number of fused-ring (bicyclic) bond motifs is 4. The van der Waals surface area contributed by atoms with Gasteiger partial charge < -0.3 is 8.83 Å². The minimum atomic E-state index is 0.502. The molecule has 9 rings (SSSR count). The number of nitrogens with zero attached hydrogens (tertiary/aromatic N) is 4. The van der Waals surface area contributed by atoms with E-state index in [1.165, 1.54) is 0 Å². The maximum atomic E-state index is 6.80. The molecule has 0 saturated carbocycles. The second-order valence-electron chi connectivity index (χ2n) is 11.1. The molecule has 0 unspecified atom stereocenters. The summed E-state index contributed by atoms with van der Waals surface area (Å²) in [6, 6.07) is 48.4. The standard InChI is InChI=1S/C40H24N4O2/c1-4-13-25(14-5-1)28-23-31-29-19-12-20-30(35(29)46-36(31)32(24-28)40-41-33-21-10-11-22-34(33)45-40)39-43-37(26-15-6-2-7-16-26)42-38(44-39)27-17-8-3-9-18-27/h1-24H. The summed E-state index contributed by atoms with van der Waals surface area (Å²) in [5, 5.41) is 1.90. The molecule has 0 N–H and O–H groups in total. The van der Waals surface area contributed by atoms with Crippen LogP contribution in [-0.4, -0.2) is 19.9 Å². The van der Waals surface area contributed by atoms with E-state index in [-0.39, 0.29) is 0 Å². The van der Waals surface area contributed by atoms with Crippen molar-refractivity contribution in [1.82, 2.24) is 19.9 Å². The van der Waals surface area contributed by atoms with E-state index in [1.807, 2.05) is 115 Å². The highest BCUT2D eigenvalue weighted by Crippen LogP contribution is 2.42. The zero-order valence-corrected chi connectivity index (χ0v) is 24.5. The Morgan fingerprint density at radius 1 is 0.370 bits per heavy atom. The molecule has 0 fully saturated rings. The molecule has 0 atom stereocenters. The Balaban J connectivity index is 1.32. The number of furan rings is 1. The van der Waals surface area contributed by atoms with Crippen molar-refractivity contribution in [3.05, 3.63) is 146 Å². The number of aromatic nitrogens is 4. The van der Waals surface area contributed by atoms with Crippen molar-refractivity contribution in [3.63, 3.8) is 0 Å². The van der Waals surface area contributed by atoms with E-state index >= 15 is 0 Å². The fourth-order valence-electron chi connectivity index (χ4n) is 5.95. The number of hydrogen-bond acceptors (Lipinski definition) is 6. The molecule has 0 amide bonds. The molecule has 0 aliphatic carbocycles. The molecule has 0 aliphatic heterocycles. The largest absolute Gasteiger partial charge is 0.454 e. The molecule has 9 aromatic rings. The van der Waals surface area contributed by atoms with Crippen LogP contribution in [0.15, 0.2) is 154 Å². The van der Waals surface area contributed by atoms with Gasteiger partial charge >= 0.3 is 0 Å². The van der Waals surface area contributed by atoms with Gasteiger partial charge in [0.1, 0.15) is 16.7 Å². The lowest BCUT2D eigenvalue weighted by Crippen LogP contribution is -2.00. The minimum Gasteiger partial charge on any atom is -0.454 e. The first-order valence-electron chi connectivity index (χ1n) is 15.1. The lowest BCUT2D eigenvalue weighted by Gasteiger charge is -2.08. The molecule has 3 heterocycles. The fraction of sp³-hybridized carbons (Fsp3) is 0. The Morgan fingerprint density at radius 2 is 0.957 bits per heavy atom. The first-order chi connectivity index (χ1) is 22.8. The van der Waals surface area contributed by atoms with E-state index < -0.39 is 0 Å². The van der Waals surface area contributed by atoms with Gasteiger partial charge in [-0.05, 0) is 41.5 Å². The average Bonchev–Trinajstić information content (AvgIpc) is 3.74. The SMILES string of the molecule is c1ccc(-c2cc(-c3nc4ccccc4o3)c3oc4c(-c5nc(-c6ccccc6)nc(-c6ccccc6)n5)cccc4c3c2)cc1. The van der Waals surface area contributed by atoms with Crippen LogP contribution in [0, 0.1) is 0 Å². The minimum absolute atomic E-state index is 0.502. The Hall–Kier alpha value is -6.40. The van der Waals surface area contributed by atoms with E-state index in [9.17, 15) is 0 Å². The molecule has 3 aromatic heterocycles. The van der Waals surface area contributed by atoms with Crippen LogP contribution in [0.2, 0.25) is 0 Å². The van der Waals surface area contributed by atoms with Crippen molar-refractivity contribution < 1.29 is 8.83 Å². The Bertz CT molecular complexity index is 2430. The van der Waals surface area contributed by atoms with E-state index in [0.29, 0.717) is 34.5 Å². The number of para-hydroxylation sites is 3. The third kappa shape index (κ3) is 4.43. The third-order valence-corrected chi connectivity index (χ3v) is 8.17. The maximum absolute atomic E-state index is 6.80. The molecule has 0 saturated heterocycles. The molecule has 216 valence electrons. The molecular formula is C40H24N4O2. The van der Waals surface area contributed by atoms with Gasteiger partial charge in [-0.2, -0.15) is 0 Å². The third-order valence-electron chi connectivity index (χ3n) is 8.17. The van der Waals surface area contributed by atoms with E-state index in [0.717, 1.165) is 55.3 Å². The Labute approximate surface area is 263 Å². The lowest BCUT2D eigenvalue weighted by molar-refractivity contribution is 0.615. The molecule has 0 bridgehead atoms. The highest BCUT2D eigenvalue weighted by molar-refractivity contribution is 6.13. The molecule has 0 radical (unpaired) electrons. The summed E-state index contributed by atoms with van der Waals surface area (Å²) in [7, 11) is 0. The molecule has 6 nitrogen and oxygen atoms in total. The highest BCUT2D eigenvalue weighted by Gasteiger charge is 2.22. The molecule has 0 spiro atoms. The smallest absolute Gasteiger partial charge is 0.231 e. The summed E-state index contributed by atoms with van der Waals surface area (Å²) in [6.45, 7) is 0. The quantitative estimate of drug-likeness (QED) is 0.198. The molecule has 0 aliphatic rings. The van der Waals surface area contributed by atoms with Crippen LogP contribution in [0.1, 0.15) is 0 Å². The summed E-state index contributed by atoms with van der Waals surface area (Å²) in [6.07, 6.45) is 0. The van der Waals surface area contributed by atoms with Crippen molar-refractivity contribution >= 4 is 33.0 Å². The van der Waals surface area contributed by atoms with E-state index in [4.69, 9.17) is 28.8 Å². The van der Waals surface area contributed by atoms with Crippen LogP contribution in [0.4, 0.5) is 0 Å². The van der Waals surface area contributed by atoms with Gasteiger partial charge in [-0.1, -0.05) is 115 Å². The van der Waals surface area contributed by atoms with Crippen LogP contribution in [0.25, 0.3) is 89.8 Å². The first-order valence-corrected chi connectivity index (χ1v) is 15.1. The zero-order chi connectivity index (χ0) is 30.5. The van der Waals surface area contributed by atoms with Crippen LogP contribution in [0.5, 0.6) is 0 Å². The number of oxazole rings is 1. The fourth-order valence-corrected chi connectivity index (χ4v) is 5.95. The second kappa shape index (κ2) is 10.6. The summed E-state index contributed by atoms with van der Waals surface area (Å²) < 4.78 is 13.1. The van der Waals surface area contributed by atoms with Crippen LogP contribution >= 0.6 is 0 Å². The summed E-state index contributed by atoms with van der Waals surface area (Å²) in [5.74, 6) is 2.22. The summed E-state index contributed by atoms with van der Waals surface area (Å²) in [5.41, 5.74) is 8.38. The summed E-state index contributed by atoms with van der Waals surface area (Å²) >= 11 is 0. The second-order valence-corrected chi connectivity index (χ2v) is 11.1. The van der Waals surface area contributed by atoms with Crippen molar-refractivity contribution in [2.45, 2.75) is 0 Å². The summed E-state index contributed by atoms with van der Waals surface area (Å²) in [4.78, 5) is 19.7. The van der Waals surface area contributed by atoms with Crippen LogP contribution in [-0.2, 0) is 0 Å². The van der Waals surface area contributed by atoms with E-state index in [1.54, 1.807) is 0 Å². The van der Waals surface area contributed by atoms with Gasteiger partial charge in [0.05, 0.1) is 11.1 Å². The highest BCUT2D eigenvalue weighted by atomic mass is 16.4. The van der Waals surface area contributed by atoms with Crippen molar-refractivity contribution in [3.8, 4) is 56.7 Å². The predicted octanol–water partition coefficient (Wildman–Crippen LogP) is 10.2. The molecule has 46 heavy (non-hydrogen) atoms. The van der Waals surface area contributed by atoms with Gasteiger partial charge in [-0.3, -0.25) is 0 Å². The Kier molecular flexibility index (Phi) is 6.03. The molecular weight excluding hydrogens is 568 g/mol. The number of benzene rings is 6. The van der Waals surface area contributed by atoms with Crippen molar-refractivity contribution in [1.29, 1.82) is 0 Å². The van der Waals surface area contributed by atoms with Gasteiger partial charge in [0.25, 0.3) is 0 Å². The monoisotopic (exact) mass is 592 g/mol. The number of hydrogen-bond donors (Lipinski definition) is 0. The van der Waals surface area contributed by atoms with Crippen molar-refractivity contribution in [2.24, 2.45) is 0 Å². The van der Waals surface area contributed by atoms with Crippen LogP contribution in [0.3, 0.4) is 0 Å². The van der Waals surface area contributed by atoms with E-state index in [2.05, 4.69) is 30.3 Å². The Morgan fingerprint density at radius 3 is 1.63 bits per heavy atom. The normalized spacial score (nSPS) is 11.5. The lowest BCUT2D eigenvalue weighted by atomic mass is 9.99. The van der Waals surface area contributed by atoms with Crippen molar-refractivity contribution in [2.75, 3.05) is 0 Å². The molecule has 6 aromatic carbocycles. The van der Waals surface area contributed by atoms with Gasteiger partial charge in [0.2, 0.25) is 5.89 Å². The van der Waals surface area contributed by atoms with Crippen LogP contribution < -0.4 is 0 Å². The van der Waals surface area contributed by atoms with Gasteiger partial charge in [0, 0.05) is 21.9 Å². The zero-order valence-electron chi connectivity index (χ0n) is 24.5. The van der Waals surface area contributed by atoms with Gasteiger partial charge in [-0.15, -0.1) is 0 Å². The van der Waals surface area contributed by atoms with Gasteiger partial charge in [0.15, 0.2) is 23.1 Å².